The fourth-order valence-corrected chi connectivity index (χ4v) is 4.15. The third-order valence-corrected chi connectivity index (χ3v) is 6.08. The number of hydrogen-bond donors (Lipinski definition) is 1. The number of amides is 1. The molecule has 0 aliphatic carbocycles. The van der Waals surface area contributed by atoms with Gasteiger partial charge in [-0.2, -0.15) is 23.4 Å². The van der Waals surface area contributed by atoms with Crippen molar-refractivity contribution in [1.82, 2.24) is 29.7 Å². The van der Waals surface area contributed by atoms with E-state index in [0.29, 0.717) is 28.9 Å². The van der Waals surface area contributed by atoms with Crippen molar-refractivity contribution in [2.24, 2.45) is 0 Å². The Morgan fingerprint density at radius 3 is 2.72 bits per heavy atom. The Hall–Kier alpha value is -3.21. The second-order valence-electron chi connectivity index (χ2n) is 7.33. The first-order valence-electron chi connectivity index (χ1n) is 10.1. The summed E-state index contributed by atoms with van der Waals surface area (Å²) in [5.74, 6) is -0.550. The zero-order valence-corrected chi connectivity index (χ0v) is 18.3. The van der Waals surface area contributed by atoms with Gasteiger partial charge in [0.25, 0.3) is 5.91 Å². The van der Waals surface area contributed by atoms with E-state index >= 15 is 0 Å². The second kappa shape index (κ2) is 8.73. The van der Waals surface area contributed by atoms with Crippen LogP contribution in [0.1, 0.15) is 40.0 Å². The van der Waals surface area contributed by atoms with Crippen molar-refractivity contribution in [2.75, 3.05) is 6.54 Å². The van der Waals surface area contributed by atoms with Gasteiger partial charge in [0.2, 0.25) is 0 Å². The van der Waals surface area contributed by atoms with E-state index < -0.39 is 17.8 Å². The summed E-state index contributed by atoms with van der Waals surface area (Å²) in [6, 6.07) is 5.88. The van der Waals surface area contributed by atoms with Gasteiger partial charge in [0, 0.05) is 30.2 Å². The van der Waals surface area contributed by atoms with Crippen molar-refractivity contribution in [2.45, 2.75) is 39.4 Å². The highest BCUT2D eigenvalue weighted by molar-refractivity contribution is 7.15. The molecule has 7 nitrogen and oxygen atoms in total. The zero-order valence-electron chi connectivity index (χ0n) is 17.5. The second-order valence-corrected chi connectivity index (χ2v) is 8.50. The van der Waals surface area contributed by atoms with Gasteiger partial charge in [0.05, 0.1) is 16.8 Å². The first-order chi connectivity index (χ1) is 15.2. The van der Waals surface area contributed by atoms with Crippen LogP contribution in [0.5, 0.6) is 0 Å². The Balaban J connectivity index is 1.55. The molecule has 1 N–H and O–H groups in total. The summed E-state index contributed by atoms with van der Waals surface area (Å²) in [5, 5.41) is 10.7. The minimum atomic E-state index is -4.65. The lowest BCUT2D eigenvalue weighted by Gasteiger charge is -2.10. The summed E-state index contributed by atoms with van der Waals surface area (Å²) >= 11 is 1.39. The number of aryl methyl sites for hydroxylation is 3. The van der Waals surface area contributed by atoms with Crippen LogP contribution in [0.15, 0.2) is 36.7 Å². The number of carbonyl (C=O) groups excluding carboxylic acids is 1. The summed E-state index contributed by atoms with van der Waals surface area (Å²) in [5.41, 5.74) is 0.126. The Labute approximate surface area is 185 Å². The van der Waals surface area contributed by atoms with Crippen molar-refractivity contribution in [3.8, 4) is 10.6 Å². The van der Waals surface area contributed by atoms with Crippen LogP contribution in [0.2, 0.25) is 0 Å². The number of rotatable bonds is 7. The average Bonchev–Trinajstić information content (AvgIpc) is 3.48. The first-order valence-corrected chi connectivity index (χ1v) is 10.9. The van der Waals surface area contributed by atoms with Gasteiger partial charge in [-0.25, -0.2) is 9.50 Å². The standard InChI is InChI=1S/C21H21F3N6OS/c1-3-14-5-6-17(32-14)15-9-18(21(22,23)24)30-19(27-15)10-16(28-30)20(31)25-7-4-8-29-12-13(2)11-26-29/h5-6,9-12H,3-4,7-8H2,1-2H3,(H,25,31). The number of carbonyl (C=O) groups is 1. The van der Waals surface area contributed by atoms with Crippen LogP contribution < -0.4 is 5.32 Å². The smallest absolute Gasteiger partial charge is 0.351 e. The van der Waals surface area contributed by atoms with E-state index in [2.05, 4.69) is 20.5 Å². The molecule has 0 unspecified atom stereocenters. The van der Waals surface area contributed by atoms with Crippen molar-refractivity contribution in [3.05, 3.63) is 58.5 Å². The fraction of sp³-hybridized carbons (Fsp3) is 0.333. The van der Waals surface area contributed by atoms with Gasteiger partial charge >= 0.3 is 6.18 Å². The topological polar surface area (TPSA) is 77.1 Å². The van der Waals surface area contributed by atoms with Gasteiger partial charge in [-0.3, -0.25) is 9.48 Å². The maximum absolute atomic E-state index is 13.7. The van der Waals surface area contributed by atoms with Crippen LogP contribution in [0.25, 0.3) is 16.2 Å². The number of nitrogens with one attached hydrogen (secondary N) is 1. The average molecular weight is 463 g/mol. The van der Waals surface area contributed by atoms with E-state index in [1.807, 2.05) is 26.1 Å². The maximum atomic E-state index is 13.7. The van der Waals surface area contributed by atoms with E-state index in [1.165, 1.54) is 17.4 Å². The molecule has 0 aliphatic rings. The van der Waals surface area contributed by atoms with E-state index in [-0.39, 0.29) is 17.0 Å². The maximum Gasteiger partial charge on any atom is 0.433 e. The van der Waals surface area contributed by atoms with Gasteiger partial charge in [0.1, 0.15) is 0 Å². The number of alkyl halides is 3. The van der Waals surface area contributed by atoms with Crippen molar-refractivity contribution in [3.63, 3.8) is 0 Å². The summed E-state index contributed by atoms with van der Waals surface area (Å²) in [4.78, 5) is 18.5. The molecule has 1 amide bonds. The predicted octanol–water partition coefficient (Wildman–Crippen LogP) is 4.36. The summed E-state index contributed by atoms with van der Waals surface area (Å²) in [6.45, 7) is 4.87. The molecule has 0 radical (unpaired) electrons. The largest absolute Gasteiger partial charge is 0.433 e. The first kappa shape index (κ1) is 22.0. The van der Waals surface area contributed by atoms with Crippen molar-refractivity contribution in [1.29, 1.82) is 0 Å². The van der Waals surface area contributed by atoms with Crippen LogP contribution in [-0.4, -0.2) is 36.8 Å². The highest BCUT2D eigenvalue weighted by Gasteiger charge is 2.35. The number of hydrogen-bond acceptors (Lipinski definition) is 5. The van der Waals surface area contributed by atoms with Crippen LogP contribution in [0.3, 0.4) is 0 Å². The molecule has 0 saturated heterocycles. The molecule has 4 aromatic heterocycles. The number of aromatic nitrogens is 5. The van der Waals surface area contributed by atoms with Gasteiger partial charge in [-0.15, -0.1) is 11.3 Å². The number of nitrogens with zero attached hydrogens (tertiary/aromatic N) is 5. The van der Waals surface area contributed by atoms with Gasteiger partial charge < -0.3 is 5.32 Å². The molecule has 32 heavy (non-hydrogen) atoms. The molecule has 0 atom stereocenters. The Morgan fingerprint density at radius 2 is 2.06 bits per heavy atom. The normalized spacial score (nSPS) is 11.9. The molecule has 0 saturated carbocycles. The van der Waals surface area contributed by atoms with E-state index in [0.717, 1.165) is 22.9 Å². The third kappa shape index (κ3) is 4.67. The summed E-state index contributed by atoms with van der Waals surface area (Å²) in [6.07, 6.45) is 0.393. The third-order valence-electron chi connectivity index (χ3n) is 4.82. The predicted molar refractivity (Wildman–Crippen MR) is 115 cm³/mol. The number of thiophene rings is 1. The SMILES string of the molecule is CCc1ccc(-c2cc(C(F)(F)F)n3nc(C(=O)NCCCn4cc(C)cn4)cc3n2)s1. The molecule has 0 aromatic carbocycles. The van der Waals surface area contributed by atoms with Crippen LogP contribution in [-0.2, 0) is 19.1 Å². The lowest BCUT2D eigenvalue weighted by atomic mass is 10.2. The molecule has 0 bridgehead atoms. The molecule has 11 heteroatoms. The van der Waals surface area contributed by atoms with E-state index in [9.17, 15) is 18.0 Å². The highest BCUT2D eigenvalue weighted by Crippen LogP contribution is 2.34. The lowest BCUT2D eigenvalue weighted by molar-refractivity contribution is -0.142. The van der Waals surface area contributed by atoms with Crippen molar-refractivity contribution >= 4 is 22.9 Å². The number of fused-ring (bicyclic) bond motifs is 1. The molecule has 0 aliphatic heterocycles. The van der Waals surface area contributed by atoms with Gasteiger partial charge in [-0.1, -0.05) is 6.92 Å². The molecular weight excluding hydrogens is 441 g/mol. The molecule has 168 valence electrons. The molecule has 0 spiro atoms. The summed E-state index contributed by atoms with van der Waals surface area (Å²) in [7, 11) is 0. The highest BCUT2D eigenvalue weighted by atomic mass is 32.1. The van der Waals surface area contributed by atoms with E-state index in [4.69, 9.17) is 0 Å². The van der Waals surface area contributed by atoms with Gasteiger partial charge in [-0.05, 0) is 43.5 Å². The van der Waals surface area contributed by atoms with Crippen LogP contribution in [0, 0.1) is 6.92 Å². The van der Waals surface area contributed by atoms with E-state index in [1.54, 1.807) is 16.9 Å². The summed E-state index contributed by atoms with van der Waals surface area (Å²) < 4.78 is 43.6. The lowest BCUT2D eigenvalue weighted by Crippen LogP contribution is -2.26. The minimum Gasteiger partial charge on any atom is -0.351 e. The Morgan fingerprint density at radius 1 is 1.25 bits per heavy atom. The van der Waals surface area contributed by atoms with Crippen LogP contribution >= 0.6 is 11.3 Å². The van der Waals surface area contributed by atoms with Crippen molar-refractivity contribution < 1.29 is 18.0 Å². The Bertz CT molecular complexity index is 1260. The van der Waals surface area contributed by atoms with Crippen LogP contribution in [0.4, 0.5) is 13.2 Å². The zero-order chi connectivity index (χ0) is 22.9. The number of halogens is 3. The molecule has 4 heterocycles. The molecular formula is C21H21F3N6OS. The minimum absolute atomic E-state index is 0.0292. The van der Waals surface area contributed by atoms with Gasteiger partial charge in [0.15, 0.2) is 17.0 Å². The Kier molecular flexibility index (Phi) is 6.00. The quantitative estimate of drug-likeness (QED) is 0.414. The monoisotopic (exact) mass is 462 g/mol. The molecule has 4 rings (SSSR count). The fourth-order valence-electron chi connectivity index (χ4n) is 3.24. The molecule has 4 aromatic rings. The molecule has 0 fully saturated rings.